The van der Waals surface area contributed by atoms with E-state index >= 15 is 0 Å². The van der Waals surface area contributed by atoms with Crippen LogP contribution in [0.4, 0.5) is 0 Å². The van der Waals surface area contributed by atoms with Gasteiger partial charge in [0.25, 0.3) is 5.91 Å². The highest BCUT2D eigenvalue weighted by molar-refractivity contribution is 6.00. The van der Waals surface area contributed by atoms with Gasteiger partial charge in [-0.3, -0.25) is 4.79 Å². The zero-order chi connectivity index (χ0) is 16.7. The Morgan fingerprint density at radius 2 is 2.00 bits per heavy atom. The van der Waals surface area contributed by atoms with Crippen LogP contribution < -0.4 is 5.32 Å². The summed E-state index contributed by atoms with van der Waals surface area (Å²) in [5, 5.41) is 4.09. The number of aryl methyl sites for hydroxylation is 4. The number of aromatic amines is 1. The molecule has 3 rings (SSSR count). The zero-order valence-corrected chi connectivity index (χ0v) is 14.2. The van der Waals surface area contributed by atoms with E-state index in [1.54, 1.807) is 6.33 Å². The van der Waals surface area contributed by atoms with Crippen molar-refractivity contribution in [2.45, 2.75) is 33.7 Å². The number of benzene rings is 1. The van der Waals surface area contributed by atoms with Gasteiger partial charge in [-0.25, -0.2) is 4.98 Å². The summed E-state index contributed by atoms with van der Waals surface area (Å²) in [6, 6.07) is 3.94. The Morgan fingerprint density at radius 1 is 1.26 bits per heavy atom. The van der Waals surface area contributed by atoms with Gasteiger partial charge in [-0.2, -0.15) is 0 Å². The Bertz CT molecular complexity index is 888. The Labute approximate surface area is 135 Å². The lowest BCUT2D eigenvalue weighted by Crippen LogP contribution is -2.27. The van der Waals surface area contributed by atoms with Crippen LogP contribution in [0.15, 0.2) is 24.7 Å². The monoisotopic (exact) mass is 310 g/mol. The molecule has 2 N–H and O–H groups in total. The molecule has 5 nitrogen and oxygen atoms in total. The molecule has 0 bridgehead atoms. The van der Waals surface area contributed by atoms with Gasteiger partial charge in [0.2, 0.25) is 0 Å². The number of imidazole rings is 1. The van der Waals surface area contributed by atoms with Crippen LogP contribution in [-0.4, -0.2) is 20.4 Å². The summed E-state index contributed by atoms with van der Waals surface area (Å²) in [6.07, 6.45) is 3.64. The van der Waals surface area contributed by atoms with E-state index in [0.29, 0.717) is 5.69 Å². The first-order valence-electron chi connectivity index (χ1n) is 7.75. The maximum absolute atomic E-state index is 12.5. The van der Waals surface area contributed by atoms with Crippen molar-refractivity contribution >= 4 is 16.8 Å². The van der Waals surface area contributed by atoms with Gasteiger partial charge in [-0.05, 0) is 50.5 Å². The summed E-state index contributed by atoms with van der Waals surface area (Å²) in [4.78, 5) is 20.1. The van der Waals surface area contributed by atoms with E-state index in [2.05, 4.69) is 42.1 Å². The average molecular weight is 310 g/mol. The van der Waals surface area contributed by atoms with Crippen LogP contribution in [0, 0.1) is 20.8 Å². The first kappa shape index (κ1) is 15.3. The summed E-state index contributed by atoms with van der Waals surface area (Å²) in [5.41, 5.74) is 6.06. The molecule has 0 radical (unpaired) electrons. The summed E-state index contributed by atoms with van der Waals surface area (Å²) >= 11 is 0. The number of nitrogens with zero attached hydrogens (tertiary/aromatic N) is 2. The van der Waals surface area contributed by atoms with Gasteiger partial charge in [0.15, 0.2) is 0 Å². The molecule has 23 heavy (non-hydrogen) atoms. The molecule has 2 heterocycles. The Hall–Kier alpha value is -2.56. The lowest BCUT2D eigenvalue weighted by Gasteiger charge is -2.10. The Morgan fingerprint density at radius 3 is 2.65 bits per heavy atom. The fourth-order valence-electron chi connectivity index (χ4n) is 2.90. The van der Waals surface area contributed by atoms with E-state index in [-0.39, 0.29) is 11.9 Å². The number of aromatic nitrogens is 3. The van der Waals surface area contributed by atoms with Gasteiger partial charge >= 0.3 is 0 Å². The minimum atomic E-state index is -0.140. The number of amides is 1. The number of rotatable bonds is 3. The Balaban J connectivity index is 1.89. The lowest BCUT2D eigenvalue weighted by atomic mass is 10.0. The van der Waals surface area contributed by atoms with Crippen LogP contribution in [0.5, 0.6) is 0 Å². The van der Waals surface area contributed by atoms with Gasteiger partial charge in [-0.15, -0.1) is 0 Å². The van der Waals surface area contributed by atoms with Crippen LogP contribution in [0.1, 0.15) is 45.8 Å². The van der Waals surface area contributed by atoms with E-state index < -0.39 is 0 Å². The third-order valence-corrected chi connectivity index (χ3v) is 4.40. The molecule has 1 aromatic carbocycles. The second-order valence-corrected chi connectivity index (χ2v) is 6.27. The molecule has 5 heteroatoms. The summed E-state index contributed by atoms with van der Waals surface area (Å²) < 4.78 is 1.87. The van der Waals surface area contributed by atoms with E-state index in [4.69, 9.17) is 0 Å². The van der Waals surface area contributed by atoms with Crippen LogP contribution in [-0.2, 0) is 7.05 Å². The molecule has 0 spiro atoms. The molecule has 0 saturated heterocycles. The van der Waals surface area contributed by atoms with Gasteiger partial charge in [-0.1, -0.05) is 6.07 Å². The zero-order valence-electron chi connectivity index (χ0n) is 14.2. The van der Waals surface area contributed by atoms with Crippen molar-refractivity contribution in [1.29, 1.82) is 0 Å². The standard InChI is InChI=1S/C18H22N4O/c1-10-6-11(2)14-7-15(21-17(14)12(10)3)18(23)20-13(4)16-8-22(5)9-19-16/h6-9,13,21H,1-5H3,(H,20,23). The number of hydrogen-bond acceptors (Lipinski definition) is 2. The van der Waals surface area contributed by atoms with Crippen LogP contribution in [0.2, 0.25) is 0 Å². The second kappa shape index (κ2) is 5.57. The molecule has 0 saturated carbocycles. The minimum Gasteiger partial charge on any atom is -0.350 e. The number of carbonyl (C=O) groups is 1. The minimum absolute atomic E-state index is 0.115. The summed E-state index contributed by atoms with van der Waals surface area (Å²) in [7, 11) is 1.91. The molecule has 2 aromatic heterocycles. The predicted molar refractivity (Wildman–Crippen MR) is 91.6 cm³/mol. The fraction of sp³-hybridized carbons (Fsp3) is 0.333. The highest BCUT2D eigenvalue weighted by Gasteiger charge is 2.16. The molecule has 0 aliphatic heterocycles. The number of hydrogen-bond donors (Lipinski definition) is 2. The van der Waals surface area contributed by atoms with E-state index in [9.17, 15) is 4.79 Å². The van der Waals surface area contributed by atoms with Gasteiger partial charge in [0.05, 0.1) is 18.1 Å². The van der Waals surface area contributed by atoms with E-state index in [1.807, 2.05) is 30.8 Å². The maximum atomic E-state index is 12.5. The lowest BCUT2D eigenvalue weighted by molar-refractivity contribution is 0.0935. The van der Waals surface area contributed by atoms with Crippen molar-refractivity contribution in [3.63, 3.8) is 0 Å². The molecule has 0 fully saturated rings. The molecule has 120 valence electrons. The molecule has 3 aromatic rings. The molecule has 0 aliphatic carbocycles. The smallest absolute Gasteiger partial charge is 0.268 e. The molecule has 1 unspecified atom stereocenters. The molecule has 1 atom stereocenters. The van der Waals surface area contributed by atoms with Gasteiger partial charge in [0.1, 0.15) is 5.69 Å². The topological polar surface area (TPSA) is 62.7 Å². The SMILES string of the molecule is Cc1cc(C)c2cc(C(=O)NC(C)c3cn(C)cn3)[nH]c2c1C. The summed E-state index contributed by atoms with van der Waals surface area (Å²) in [5.74, 6) is -0.115. The van der Waals surface area contributed by atoms with Crippen LogP contribution >= 0.6 is 0 Å². The maximum Gasteiger partial charge on any atom is 0.268 e. The normalized spacial score (nSPS) is 12.6. The molecule has 1 amide bonds. The van der Waals surface area contributed by atoms with Crippen molar-refractivity contribution in [2.24, 2.45) is 7.05 Å². The van der Waals surface area contributed by atoms with E-state index in [0.717, 1.165) is 16.6 Å². The van der Waals surface area contributed by atoms with Crippen LogP contribution in [0.25, 0.3) is 10.9 Å². The number of H-pyrrole nitrogens is 1. The first-order valence-corrected chi connectivity index (χ1v) is 7.75. The third-order valence-electron chi connectivity index (χ3n) is 4.40. The average Bonchev–Trinajstić information content (AvgIpc) is 3.11. The number of nitrogens with one attached hydrogen (secondary N) is 2. The van der Waals surface area contributed by atoms with Crippen LogP contribution in [0.3, 0.4) is 0 Å². The van der Waals surface area contributed by atoms with Crippen molar-refractivity contribution in [2.75, 3.05) is 0 Å². The Kier molecular flexibility index (Phi) is 3.72. The van der Waals surface area contributed by atoms with Crippen molar-refractivity contribution in [3.05, 3.63) is 52.7 Å². The second-order valence-electron chi connectivity index (χ2n) is 6.27. The van der Waals surface area contributed by atoms with Gasteiger partial charge in [0, 0.05) is 24.1 Å². The van der Waals surface area contributed by atoms with E-state index in [1.165, 1.54) is 16.7 Å². The van der Waals surface area contributed by atoms with Crippen molar-refractivity contribution in [1.82, 2.24) is 19.9 Å². The largest absolute Gasteiger partial charge is 0.350 e. The highest BCUT2D eigenvalue weighted by atomic mass is 16.1. The van der Waals surface area contributed by atoms with Crippen molar-refractivity contribution in [3.8, 4) is 0 Å². The summed E-state index contributed by atoms with van der Waals surface area (Å²) in [6.45, 7) is 8.17. The molecular weight excluding hydrogens is 288 g/mol. The molecule has 0 aliphatic rings. The number of fused-ring (bicyclic) bond motifs is 1. The third kappa shape index (κ3) is 2.74. The van der Waals surface area contributed by atoms with Crippen molar-refractivity contribution < 1.29 is 4.79 Å². The predicted octanol–water partition coefficient (Wildman–Crippen LogP) is 3.32. The molecular formula is C18H22N4O. The quantitative estimate of drug-likeness (QED) is 0.779. The fourth-order valence-corrected chi connectivity index (χ4v) is 2.90. The highest BCUT2D eigenvalue weighted by Crippen LogP contribution is 2.26. The first-order chi connectivity index (χ1) is 10.9. The van der Waals surface area contributed by atoms with Gasteiger partial charge < -0.3 is 14.9 Å². The number of carbonyl (C=O) groups excluding carboxylic acids is 1.